The van der Waals surface area contributed by atoms with Crippen LogP contribution in [0.15, 0.2) is 0 Å². The highest BCUT2D eigenvalue weighted by Gasteiger charge is 2.62. The van der Waals surface area contributed by atoms with Crippen molar-refractivity contribution in [2.75, 3.05) is 0 Å². The molecule has 0 heterocycles. The highest BCUT2D eigenvalue weighted by Crippen LogP contribution is 2.66. The molecule has 0 amide bonds. The van der Waals surface area contributed by atoms with Gasteiger partial charge in [0.2, 0.25) is 0 Å². The highest BCUT2D eigenvalue weighted by atomic mass is 16.1. The molecule has 2 heteroatoms. The zero-order valence-electron chi connectivity index (χ0n) is 15.1. The van der Waals surface area contributed by atoms with Crippen molar-refractivity contribution in [3.8, 4) is 0 Å². The van der Waals surface area contributed by atoms with E-state index in [4.69, 9.17) is 0 Å². The van der Waals surface area contributed by atoms with Gasteiger partial charge in [-0.25, -0.2) is 0 Å². The van der Waals surface area contributed by atoms with Crippen molar-refractivity contribution in [1.29, 1.82) is 0 Å². The van der Waals surface area contributed by atoms with Crippen LogP contribution in [0.3, 0.4) is 0 Å². The summed E-state index contributed by atoms with van der Waals surface area (Å²) in [6.45, 7) is 6.59. The predicted molar refractivity (Wildman–Crippen MR) is 90.9 cm³/mol. The van der Waals surface area contributed by atoms with E-state index >= 15 is 0 Å². The Hall–Kier alpha value is -0.660. The van der Waals surface area contributed by atoms with E-state index in [0.29, 0.717) is 29.3 Å². The smallest absolute Gasteiger partial charge is 0.136 e. The third-order valence-electron chi connectivity index (χ3n) is 8.85. The highest BCUT2D eigenvalue weighted by molar-refractivity contribution is 5.83. The first-order valence-corrected chi connectivity index (χ1v) is 9.91. The summed E-state index contributed by atoms with van der Waals surface area (Å²) in [6, 6.07) is 0. The van der Waals surface area contributed by atoms with Gasteiger partial charge in [-0.1, -0.05) is 26.7 Å². The quantitative estimate of drug-likeness (QED) is 0.696. The number of rotatable bonds is 1. The average Bonchev–Trinajstić information content (AvgIpc) is 2.85. The summed E-state index contributed by atoms with van der Waals surface area (Å²) in [5.74, 6) is 3.44. The Bertz CT molecular complexity index is 538. The molecular formula is C21H32O2. The molecule has 1 unspecified atom stereocenters. The summed E-state index contributed by atoms with van der Waals surface area (Å²) >= 11 is 0. The molecule has 0 aromatic heterocycles. The minimum absolute atomic E-state index is 0.172. The van der Waals surface area contributed by atoms with Gasteiger partial charge in [0.05, 0.1) is 0 Å². The molecule has 0 spiro atoms. The maximum absolute atomic E-state index is 12.9. The second kappa shape index (κ2) is 5.17. The van der Waals surface area contributed by atoms with Crippen LogP contribution in [0.2, 0.25) is 0 Å². The summed E-state index contributed by atoms with van der Waals surface area (Å²) in [7, 11) is 0. The van der Waals surface area contributed by atoms with Crippen LogP contribution in [-0.4, -0.2) is 11.6 Å². The first-order valence-electron chi connectivity index (χ1n) is 9.91. The van der Waals surface area contributed by atoms with Gasteiger partial charge in [0, 0.05) is 18.3 Å². The molecule has 23 heavy (non-hydrogen) atoms. The third kappa shape index (κ3) is 2.05. The van der Waals surface area contributed by atoms with E-state index in [9.17, 15) is 9.59 Å². The first kappa shape index (κ1) is 15.8. The van der Waals surface area contributed by atoms with Gasteiger partial charge in [0.1, 0.15) is 11.6 Å². The minimum Gasteiger partial charge on any atom is -0.300 e. The average molecular weight is 316 g/mol. The SMILES string of the molecule is CC(=O)[C@H]1CC[C@H]2[C@@H]3CC(=O)C4CCCC[C@]4(C)[C@H]3CC[C@]12C. The molecule has 128 valence electrons. The van der Waals surface area contributed by atoms with Crippen molar-refractivity contribution >= 4 is 11.6 Å². The Kier molecular flexibility index (Phi) is 3.56. The minimum atomic E-state index is 0.172. The van der Waals surface area contributed by atoms with Gasteiger partial charge in [0.15, 0.2) is 0 Å². The zero-order valence-corrected chi connectivity index (χ0v) is 15.1. The number of ketones is 2. The maximum Gasteiger partial charge on any atom is 0.136 e. The van der Waals surface area contributed by atoms with E-state index in [0.717, 1.165) is 25.2 Å². The lowest BCUT2D eigenvalue weighted by atomic mass is 9.44. The molecule has 2 nitrogen and oxygen atoms in total. The van der Waals surface area contributed by atoms with Crippen molar-refractivity contribution in [1.82, 2.24) is 0 Å². The Morgan fingerprint density at radius 2 is 1.70 bits per heavy atom. The second-order valence-electron chi connectivity index (χ2n) is 9.64. The molecule has 4 rings (SSSR count). The van der Waals surface area contributed by atoms with Crippen LogP contribution >= 0.6 is 0 Å². The fraction of sp³-hybridized carbons (Fsp3) is 0.905. The van der Waals surface area contributed by atoms with E-state index in [-0.39, 0.29) is 16.7 Å². The first-order chi connectivity index (χ1) is 10.9. The molecule has 7 atom stereocenters. The lowest BCUT2D eigenvalue weighted by Gasteiger charge is -2.59. The standard InChI is InChI=1S/C21H32O2/c1-13(22)15-7-8-16-14-12-19(23)18-6-4-5-10-20(18,2)17(14)9-11-21(15,16)3/h14-18H,4-12H2,1-3H3/t14-,15+,16-,17-,18?,20+,21+/m0/s1. The van der Waals surface area contributed by atoms with E-state index in [1.165, 1.54) is 38.5 Å². The van der Waals surface area contributed by atoms with Gasteiger partial charge >= 0.3 is 0 Å². The summed E-state index contributed by atoms with van der Waals surface area (Å²) in [5.41, 5.74) is 0.430. The molecule has 0 radical (unpaired) electrons. The number of carbonyl (C=O) groups is 2. The monoisotopic (exact) mass is 316 g/mol. The molecule has 4 aliphatic rings. The molecule has 0 bridgehead atoms. The summed E-state index contributed by atoms with van der Waals surface area (Å²) < 4.78 is 0. The topological polar surface area (TPSA) is 34.1 Å². The summed E-state index contributed by atoms with van der Waals surface area (Å²) in [4.78, 5) is 25.1. The van der Waals surface area contributed by atoms with Crippen molar-refractivity contribution < 1.29 is 9.59 Å². The lowest BCUT2D eigenvalue weighted by Crippen LogP contribution is -2.56. The van der Waals surface area contributed by atoms with Crippen LogP contribution in [0.5, 0.6) is 0 Å². The van der Waals surface area contributed by atoms with Gasteiger partial charge < -0.3 is 0 Å². The predicted octanol–water partition coefficient (Wildman–Crippen LogP) is 4.80. The Morgan fingerprint density at radius 3 is 2.43 bits per heavy atom. The van der Waals surface area contributed by atoms with Crippen molar-refractivity contribution in [2.45, 2.75) is 78.6 Å². The number of carbonyl (C=O) groups excluding carboxylic acids is 2. The van der Waals surface area contributed by atoms with Gasteiger partial charge in [0.25, 0.3) is 0 Å². The molecule has 0 N–H and O–H groups in total. The van der Waals surface area contributed by atoms with Crippen LogP contribution in [-0.2, 0) is 9.59 Å². The molecule has 0 aliphatic heterocycles. The van der Waals surface area contributed by atoms with Gasteiger partial charge in [-0.3, -0.25) is 9.59 Å². The van der Waals surface area contributed by atoms with Crippen molar-refractivity contribution in [2.24, 2.45) is 40.4 Å². The third-order valence-corrected chi connectivity index (χ3v) is 8.85. The number of hydrogen-bond acceptors (Lipinski definition) is 2. The number of fused-ring (bicyclic) bond motifs is 5. The number of Topliss-reactive ketones (excluding diaryl/α,β-unsaturated/α-hetero) is 2. The van der Waals surface area contributed by atoms with Crippen LogP contribution in [0, 0.1) is 40.4 Å². The Balaban J connectivity index is 1.68. The van der Waals surface area contributed by atoms with Gasteiger partial charge in [-0.2, -0.15) is 0 Å². The van der Waals surface area contributed by atoms with Crippen LogP contribution in [0.25, 0.3) is 0 Å². The van der Waals surface area contributed by atoms with E-state index < -0.39 is 0 Å². The lowest BCUT2D eigenvalue weighted by molar-refractivity contribution is -0.154. The maximum atomic E-state index is 12.9. The fourth-order valence-corrected chi connectivity index (χ4v) is 7.76. The normalized spacial score (nSPS) is 52.5. The van der Waals surface area contributed by atoms with Gasteiger partial charge in [-0.05, 0) is 74.0 Å². The van der Waals surface area contributed by atoms with E-state index in [1.54, 1.807) is 6.92 Å². The molecule has 0 saturated heterocycles. The van der Waals surface area contributed by atoms with Crippen LogP contribution in [0.1, 0.15) is 78.6 Å². The Labute approximate surface area is 140 Å². The number of hydrogen-bond donors (Lipinski definition) is 0. The molecular weight excluding hydrogens is 284 g/mol. The zero-order chi connectivity index (χ0) is 16.4. The summed E-state index contributed by atoms with van der Waals surface area (Å²) in [6.07, 6.45) is 10.5. The summed E-state index contributed by atoms with van der Waals surface area (Å²) in [5, 5.41) is 0. The Morgan fingerprint density at radius 1 is 0.957 bits per heavy atom. The van der Waals surface area contributed by atoms with E-state index in [2.05, 4.69) is 13.8 Å². The largest absolute Gasteiger partial charge is 0.300 e. The fourth-order valence-electron chi connectivity index (χ4n) is 7.76. The molecule has 4 fully saturated rings. The van der Waals surface area contributed by atoms with Gasteiger partial charge in [-0.15, -0.1) is 0 Å². The molecule has 4 saturated carbocycles. The second-order valence-corrected chi connectivity index (χ2v) is 9.64. The van der Waals surface area contributed by atoms with E-state index in [1.807, 2.05) is 0 Å². The van der Waals surface area contributed by atoms with Crippen molar-refractivity contribution in [3.63, 3.8) is 0 Å². The van der Waals surface area contributed by atoms with Crippen LogP contribution < -0.4 is 0 Å². The van der Waals surface area contributed by atoms with Crippen LogP contribution in [0.4, 0.5) is 0 Å². The molecule has 4 aliphatic carbocycles. The molecule has 0 aromatic rings. The van der Waals surface area contributed by atoms with Crippen molar-refractivity contribution in [3.05, 3.63) is 0 Å². The molecule has 0 aromatic carbocycles.